The van der Waals surface area contributed by atoms with Crippen LogP contribution in [0.2, 0.25) is 0 Å². The number of aromatic nitrogens is 1. The molecule has 2 aromatic rings. The van der Waals surface area contributed by atoms with E-state index >= 15 is 0 Å². The van der Waals surface area contributed by atoms with E-state index in [-0.39, 0.29) is 23.7 Å². The number of thioether (sulfide) groups is 1. The number of nitrogens with two attached hydrogens (primary N) is 1. The minimum atomic E-state index is -1.04. The number of thiazole rings is 1. The molecule has 150 valence electrons. The SMILES string of the molecule is CC(O)c1cccc(C(N)[C@H]2CCC(=O)N2CCSc2nc(C(=O)O)cs2)c1. The topological polar surface area (TPSA) is 117 Å². The maximum atomic E-state index is 12.4. The highest BCUT2D eigenvalue weighted by Gasteiger charge is 2.35. The third-order valence-electron chi connectivity index (χ3n) is 4.83. The van der Waals surface area contributed by atoms with E-state index in [1.54, 1.807) is 6.92 Å². The predicted molar refractivity (Wildman–Crippen MR) is 109 cm³/mol. The molecular weight excluding hydrogens is 398 g/mol. The monoisotopic (exact) mass is 421 g/mol. The number of benzene rings is 1. The van der Waals surface area contributed by atoms with E-state index in [4.69, 9.17) is 10.8 Å². The molecule has 0 bridgehead atoms. The molecule has 0 spiro atoms. The molecule has 4 N–H and O–H groups in total. The van der Waals surface area contributed by atoms with Gasteiger partial charge >= 0.3 is 5.97 Å². The van der Waals surface area contributed by atoms with Crippen LogP contribution in [0, 0.1) is 0 Å². The molecule has 1 fully saturated rings. The van der Waals surface area contributed by atoms with E-state index < -0.39 is 12.1 Å². The summed E-state index contributed by atoms with van der Waals surface area (Å²) in [6, 6.07) is 7.13. The first kappa shape index (κ1) is 20.8. The summed E-state index contributed by atoms with van der Waals surface area (Å²) in [5.41, 5.74) is 8.24. The van der Waals surface area contributed by atoms with Crippen LogP contribution in [-0.2, 0) is 4.79 Å². The van der Waals surface area contributed by atoms with Crippen LogP contribution in [0.3, 0.4) is 0 Å². The molecule has 1 amide bonds. The van der Waals surface area contributed by atoms with Gasteiger partial charge in [0.25, 0.3) is 0 Å². The Hall–Kier alpha value is -1.94. The number of likely N-dealkylation sites (tertiary alicyclic amines) is 1. The number of rotatable bonds is 8. The number of carbonyl (C=O) groups is 2. The van der Waals surface area contributed by atoms with Gasteiger partial charge < -0.3 is 20.8 Å². The van der Waals surface area contributed by atoms with Crippen LogP contribution < -0.4 is 5.73 Å². The van der Waals surface area contributed by atoms with Crippen molar-refractivity contribution < 1.29 is 19.8 Å². The Kier molecular flexibility index (Phi) is 6.71. The number of carbonyl (C=O) groups excluding carboxylic acids is 1. The van der Waals surface area contributed by atoms with E-state index in [1.807, 2.05) is 29.2 Å². The molecule has 0 saturated carbocycles. The maximum absolute atomic E-state index is 12.4. The average molecular weight is 422 g/mol. The van der Waals surface area contributed by atoms with Gasteiger partial charge in [0.15, 0.2) is 10.0 Å². The molecule has 0 aliphatic carbocycles. The number of nitrogens with zero attached hydrogens (tertiary/aromatic N) is 2. The largest absolute Gasteiger partial charge is 0.476 e. The fourth-order valence-corrected chi connectivity index (χ4v) is 5.13. The quantitative estimate of drug-likeness (QED) is 0.561. The summed E-state index contributed by atoms with van der Waals surface area (Å²) in [5, 5.41) is 20.3. The van der Waals surface area contributed by atoms with Crippen LogP contribution >= 0.6 is 23.1 Å². The van der Waals surface area contributed by atoms with Crippen molar-refractivity contribution in [1.29, 1.82) is 0 Å². The number of hydrogen-bond donors (Lipinski definition) is 3. The van der Waals surface area contributed by atoms with Crippen LogP contribution in [0.5, 0.6) is 0 Å². The zero-order valence-corrected chi connectivity index (χ0v) is 17.1. The van der Waals surface area contributed by atoms with Gasteiger partial charge in [-0.3, -0.25) is 4.79 Å². The predicted octanol–water partition coefficient (Wildman–Crippen LogP) is 2.68. The summed E-state index contributed by atoms with van der Waals surface area (Å²) in [6.45, 7) is 2.24. The third-order valence-corrected chi connectivity index (χ3v) is 6.83. The first-order valence-corrected chi connectivity index (χ1v) is 10.9. The summed E-state index contributed by atoms with van der Waals surface area (Å²) in [6.07, 6.45) is 0.600. The molecule has 28 heavy (non-hydrogen) atoms. The lowest BCUT2D eigenvalue weighted by atomic mass is 9.95. The van der Waals surface area contributed by atoms with Gasteiger partial charge in [0.05, 0.1) is 18.2 Å². The third kappa shape index (κ3) is 4.72. The molecule has 7 nitrogen and oxygen atoms in total. The van der Waals surface area contributed by atoms with Gasteiger partial charge in [0.1, 0.15) is 0 Å². The zero-order valence-electron chi connectivity index (χ0n) is 15.4. The number of hydrogen-bond acceptors (Lipinski definition) is 7. The van der Waals surface area contributed by atoms with Gasteiger partial charge in [-0.05, 0) is 24.5 Å². The summed E-state index contributed by atoms with van der Waals surface area (Å²) in [7, 11) is 0. The van der Waals surface area contributed by atoms with Crippen molar-refractivity contribution in [3.63, 3.8) is 0 Å². The van der Waals surface area contributed by atoms with Gasteiger partial charge in [-0.25, -0.2) is 9.78 Å². The minimum Gasteiger partial charge on any atom is -0.476 e. The lowest BCUT2D eigenvalue weighted by Gasteiger charge is -2.30. The van der Waals surface area contributed by atoms with Crippen LogP contribution in [0.25, 0.3) is 0 Å². The highest BCUT2D eigenvalue weighted by atomic mass is 32.2. The van der Waals surface area contributed by atoms with Gasteiger partial charge in [0.2, 0.25) is 5.91 Å². The van der Waals surface area contributed by atoms with Gasteiger partial charge in [-0.15, -0.1) is 11.3 Å². The zero-order chi connectivity index (χ0) is 20.3. The normalized spacial score (nSPS) is 19.0. The molecule has 1 aliphatic rings. The molecule has 2 unspecified atom stereocenters. The number of carboxylic acid groups (broad SMARTS) is 1. The second kappa shape index (κ2) is 9.04. The molecule has 1 aliphatic heterocycles. The molecule has 1 aromatic carbocycles. The summed E-state index contributed by atoms with van der Waals surface area (Å²) in [4.78, 5) is 29.1. The standard InChI is InChI=1S/C19H23N3O4S2/c1-11(23)12-3-2-4-13(9-12)17(20)15-5-6-16(24)22(15)7-8-27-19-21-14(10-28-19)18(25)26/h2-4,9-11,15,17,23H,5-8,20H2,1H3,(H,25,26)/t11?,15-,17?/m1/s1. The first-order chi connectivity index (χ1) is 13.4. The number of carboxylic acids is 1. The summed E-state index contributed by atoms with van der Waals surface area (Å²) < 4.78 is 0.675. The Bertz CT molecular complexity index is 855. The van der Waals surface area contributed by atoms with Crippen LogP contribution in [-0.4, -0.2) is 50.3 Å². The van der Waals surface area contributed by atoms with Crippen LogP contribution in [0.15, 0.2) is 34.0 Å². The fourth-order valence-electron chi connectivity index (χ4n) is 3.32. The van der Waals surface area contributed by atoms with Gasteiger partial charge in [-0.1, -0.05) is 36.0 Å². The average Bonchev–Trinajstić information content (AvgIpc) is 3.29. The molecule has 2 heterocycles. The Morgan fingerprint density at radius 3 is 2.89 bits per heavy atom. The summed E-state index contributed by atoms with van der Waals surface area (Å²) >= 11 is 2.73. The van der Waals surface area contributed by atoms with Gasteiger partial charge in [-0.2, -0.15) is 0 Å². The second-order valence-corrected chi connectivity index (χ2v) is 8.92. The number of aliphatic hydroxyl groups excluding tert-OH is 1. The number of aliphatic hydroxyl groups is 1. The minimum absolute atomic E-state index is 0.0441. The molecule has 1 saturated heterocycles. The number of amides is 1. The van der Waals surface area contributed by atoms with Crippen molar-refractivity contribution in [1.82, 2.24) is 9.88 Å². The summed E-state index contributed by atoms with van der Waals surface area (Å²) in [5.74, 6) is -0.337. The Labute approximate surface area is 171 Å². The van der Waals surface area contributed by atoms with Crippen LogP contribution in [0.1, 0.15) is 53.5 Å². The second-order valence-electron chi connectivity index (χ2n) is 6.72. The lowest BCUT2D eigenvalue weighted by Crippen LogP contribution is -2.41. The molecule has 0 radical (unpaired) electrons. The Morgan fingerprint density at radius 2 is 2.21 bits per heavy atom. The Morgan fingerprint density at radius 1 is 1.46 bits per heavy atom. The highest BCUT2D eigenvalue weighted by Crippen LogP contribution is 2.31. The number of aromatic carboxylic acids is 1. The van der Waals surface area contributed by atoms with E-state index in [0.717, 1.165) is 11.1 Å². The lowest BCUT2D eigenvalue weighted by molar-refractivity contribution is -0.128. The van der Waals surface area contributed by atoms with E-state index in [2.05, 4.69) is 4.98 Å². The van der Waals surface area contributed by atoms with Crippen molar-refractivity contribution in [2.45, 2.75) is 42.3 Å². The maximum Gasteiger partial charge on any atom is 0.355 e. The molecule has 3 rings (SSSR count). The van der Waals surface area contributed by atoms with E-state index in [1.165, 1.54) is 28.5 Å². The van der Waals surface area contributed by atoms with Crippen molar-refractivity contribution in [2.75, 3.05) is 12.3 Å². The Balaban J connectivity index is 1.63. The van der Waals surface area contributed by atoms with E-state index in [9.17, 15) is 14.7 Å². The highest BCUT2D eigenvalue weighted by molar-refractivity contribution is 8.01. The van der Waals surface area contributed by atoms with Crippen molar-refractivity contribution in [3.8, 4) is 0 Å². The smallest absolute Gasteiger partial charge is 0.355 e. The molecule has 1 aromatic heterocycles. The van der Waals surface area contributed by atoms with Crippen molar-refractivity contribution in [3.05, 3.63) is 46.5 Å². The van der Waals surface area contributed by atoms with Crippen LogP contribution in [0.4, 0.5) is 0 Å². The first-order valence-electron chi connectivity index (χ1n) is 9.01. The van der Waals surface area contributed by atoms with Gasteiger partial charge in [0, 0.05) is 24.1 Å². The molecule has 3 atom stereocenters. The molecule has 9 heteroatoms. The molecular formula is C19H23N3O4S2. The van der Waals surface area contributed by atoms with Crippen molar-refractivity contribution in [2.24, 2.45) is 5.73 Å². The fraction of sp³-hybridized carbons (Fsp3) is 0.421. The van der Waals surface area contributed by atoms with Crippen molar-refractivity contribution >= 4 is 35.0 Å². The van der Waals surface area contributed by atoms with E-state index in [0.29, 0.717) is 29.5 Å².